The second-order valence-corrected chi connectivity index (χ2v) is 12.2. The minimum atomic E-state index is -2.33. The molecule has 2 unspecified atom stereocenters. The number of aromatic nitrogens is 2. The van der Waals surface area contributed by atoms with Crippen LogP contribution in [-0.2, 0) is 28.8 Å². The first-order valence-corrected chi connectivity index (χ1v) is 14.4. The van der Waals surface area contributed by atoms with Gasteiger partial charge in [0.1, 0.15) is 11.4 Å². The van der Waals surface area contributed by atoms with Crippen molar-refractivity contribution in [1.82, 2.24) is 20.6 Å². The zero-order valence-corrected chi connectivity index (χ0v) is 24.0. The molecule has 10 nitrogen and oxygen atoms in total. The average molecular weight is 568 g/mol. The van der Waals surface area contributed by atoms with Crippen LogP contribution < -0.4 is 10.6 Å². The van der Waals surface area contributed by atoms with Gasteiger partial charge in [-0.3, -0.25) is 14.0 Å². The molecule has 1 aromatic carbocycles. The monoisotopic (exact) mass is 567 g/mol. The molecule has 0 aliphatic heterocycles. The molecule has 3 aromatic rings. The molecule has 0 spiro atoms. The lowest BCUT2D eigenvalue weighted by atomic mass is 9.99. The van der Waals surface area contributed by atoms with Crippen molar-refractivity contribution in [3.63, 3.8) is 0 Å². The lowest BCUT2D eigenvalue weighted by Crippen LogP contribution is -2.38. The minimum Gasteiger partial charge on any atom is -0.772 e. The molecule has 214 valence electrons. The molecule has 1 fully saturated rings. The molecule has 4 rings (SSSR count). The summed E-state index contributed by atoms with van der Waals surface area (Å²) in [7, 11) is 0. The average Bonchev–Trinajstić information content (AvgIpc) is 3.51. The highest BCUT2D eigenvalue weighted by molar-refractivity contribution is 7.79. The van der Waals surface area contributed by atoms with Crippen LogP contribution in [0.5, 0.6) is 0 Å². The molecule has 0 saturated heterocycles. The van der Waals surface area contributed by atoms with Crippen LogP contribution in [0, 0.1) is 12.8 Å². The van der Waals surface area contributed by atoms with Crippen molar-refractivity contribution < 1.29 is 27.5 Å². The molecular weight excluding hydrogens is 532 g/mol. The number of nitrogens with one attached hydrogen (secondary N) is 2. The Kier molecular flexibility index (Phi) is 9.36. The zero-order valence-electron chi connectivity index (χ0n) is 23.1. The summed E-state index contributed by atoms with van der Waals surface area (Å²) in [6.45, 7) is 7.53. The van der Waals surface area contributed by atoms with E-state index in [0.717, 1.165) is 5.56 Å². The number of alkyl carbamates (subject to hydrolysis) is 1. The van der Waals surface area contributed by atoms with Crippen molar-refractivity contribution in [1.29, 1.82) is 0 Å². The molecule has 40 heavy (non-hydrogen) atoms. The summed E-state index contributed by atoms with van der Waals surface area (Å²) >= 11 is -2.33. The Hall–Kier alpha value is -3.57. The molecule has 1 aliphatic carbocycles. The van der Waals surface area contributed by atoms with E-state index in [0.29, 0.717) is 54.3 Å². The number of hydrogen-bond acceptors (Lipinski definition) is 8. The van der Waals surface area contributed by atoms with Crippen LogP contribution in [0.3, 0.4) is 0 Å². The molecule has 2 heterocycles. The maximum Gasteiger partial charge on any atom is 0.407 e. The molecule has 0 radical (unpaired) electrons. The third-order valence-corrected chi connectivity index (χ3v) is 7.87. The van der Waals surface area contributed by atoms with Gasteiger partial charge in [-0.05, 0) is 88.8 Å². The van der Waals surface area contributed by atoms with Crippen LogP contribution in [0.1, 0.15) is 67.4 Å². The Morgan fingerprint density at radius 2 is 1.95 bits per heavy atom. The lowest BCUT2D eigenvalue weighted by Gasteiger charge is -2.26. The van der Waals surface area contributed by atoms with E-state index in [9.17, 15) is 18.4 Å². The Morgan fingerprint density at radius 3 is 2.60 bits per heavy atom. The minimum absolute atomic E-state index is 0.123. The maximum atomic E-state index is 12.5. The summed E-state index contributed by atoms with van der Waals surface area (Å²) in [5.74, 6) is 0.574. The van der Waals surface area contributed by atoms with E-state index >= 15 is 0 Å². The number of carbonyl (C=O) groups is 2. The third-order valence-electron chi connectivity index (χ3n) is 6.82. The molecule has 2 N–H and O–H groups in total. The van der Waals surface area contributed by atoms with Gasteiger partial charge in [0.25, 0.3) is 5.91 Å². The van der Waals surface area contributed by atoms with Crippen LogP contribution in [0.15, 0.2) is 53.2 Å². The van der Waals surface area contributed by atoms with Crippen molar-refractivity contribution in [3.8, 4) is 11.5 Å². The van der Waals surface area contributed by atoms with Crippen molar-refractivity contribution in [3.05, 3.63) is 71.4 Å². The largest absolute Gasteiger partial charge is 0.772 e. The molecule has 1 saturated carbocycles. The molecule has 11 heteroatoms. The number of oxazole rings is 1. The number of hydrogen-bond donors (Lipinski definition) is 2. The summed E-state index contributed by atoms with van der Waals surface area (Å²) in [6.07, 6.45) is 5.00. The highest BCUT2D eigenvalue weighted by atomic mass is 32.2. The van der Waals surface area contributed by atoms with Gasteiger partial charge in [-0.15, -0.1) is 0 Å². The Labute approximate surface area is 236 Å². The molecule has 0 bridgehead atoms. The van der Waals surface area contributed by atoms with Crippen LogP contribution >= 0.6 is 0 Å². The SMILES string of the molecule is Cc1oc(-c2ccc(C(=O)NCc3cccnc3)cc2)nc1CC([C@@H]1CC[C@H](NC(=O)OC(C)(C)C)C1)S(=O)[O-]. The van der Waals surface area contributed by atoms with Crippen molar-refractivity contribution in [2.75, 3.05) is 0 Å². The third kappa shape index (κ3) is 7.98. The summed E-state index contributed by atoms with van der Waals surface area (Å²) in [4.78, 5) is 33.3. The number of amides is 2. The number of carbonyl (C=O) groups excluding carboxylic acids is 2. The van der Waals surface area contributed by atoms with E-state index in [1.54, 1.807) is 64.4 Å². The van der Waals surface area contributed by atoms with Gasteiger partial charge in [0.15, 0.2) is 0 Å². The summed E-state index contributed by atoms with van der Waals surface area (Å²) in [6, 6.07) is 10.5. The van der Waals surface area contributed by atoms with Crippen molar-refractivity contribution >= 4 is 23.1 Å². The van der Waals surface area contributed by atoms with E-state index in [1.165, 1.54) is 0 Å². The fourth-order valence-electron chi connectivity index (χ4n) is 4.83. The fourth-order valence-corrected chi connectivity index (χ4v) is 5.69. The summed E-state index contributed by atoms with van der Waals surface area (Å²) in [5.41, 5.74) is 2.05. The molecule has 2 aromatic heterocycles. The summed E-state index contributed by atoms with van der Waals surface area (Å²) in [5, 5.41) is 5.07. The van der Waals surface area contributed by atoms with E-state index < -0.39 is 28.0 Å². The lowest BCUT2D eigenvalue weighted by molar-refractivity contribution is 0.0504. The maximum absolute atomic E-state index is 12.5. The van der Waals surface area contributed by atoms with Gasteiger partial charge in [0.2, 0.25) is 5.89 Å². The first-order chi connectivity index (χ1) is 19.0. The molecule has 2 amide bonds. The predicted octanol–water partition coefficient (Wildman–Crippen LogP) is 4.46. The van der Waals surface area contributed by atoms with Gasteiger partial charge in [0.05, 0.1) is 5.69 Å². The van der Waals surface area contributed by atoms with E-state index in [1.807, 2.05) is 12.1 Å². The Morgan fingerprint density at radius 1 is 1.20 bits per heavy atom. The highest BCUT2D eigenvalue weighted by Crippen LogP contribution is 2.33. The number of benzene rings is 1. The number of aryl methyl sites for hydroxylation is 1. The number of nitrogens with zero attached hydrogens (tertiary/aromatic N) is 2. The Balaban J connectivity index is 1.37. The fraction of sp³-hybridized carbons (Fsp3) is 0.448. The van der Waals surface area contributed by atoms with Gasteiger partial charge in [-0.1, -0.05) is 17.1 Å². The second-order valence-electron chi connectivity index (χ2n) is 11.1. The van der Waals surface area contributed by atoms with Gasteiger partial charge >= 0.3 is 6.09 Å². The molecular formula is C29H35N4O6S-. The van der Waals surface area contributed by atoms with E-state index in [4.69, 9.17) is 9.15 Å². The highest BCUT2D eigenvalue weighted by Gasteiger charge is 2.34. The van der Waals surface area contributed by atoms with Crippen LogP contribution in [0.2, 0.25) is 0 Å². The van der Waals surface area contributed by atoms with Gasteiger partial charge in [-0.2, -0.15) is 0 Å². The smallest absolute Gasteiger partial charge is 0.407 e. The first kappa shape index (κ1) is 29.4. The number of rotatable bonds is 9. The quantitative estimate of drug-likeness (QED) is 0.360. The topological polar surface area (TPSA) is 146 Å². The van der Waals surface area contributed by atoms with Gasteiger partial charge in [0, 0.05) is 47.8 Å². The first-order valence-electron chi connectivity index (χ1n) is 13.3. The van der Waals surface area contributed by atoms with Crippen molar-refractivity contribution in [2.24, 2.45) is 5.92 Å². The molecule has 4 atom stereocenters. The second kappa shape index (κ2) is 12.7. The van der Waals surface area contributed by atoms with Crippen molar-refractivity contribution in [2.45, 2.75) is 76.8 Å². The number of pyridine rings is 1. The normalized spacial score (nSPS) is 18.6. The van der Waals surface area contributed by atoms with Crippen LogP contribution in [0.25, 0.3) is 11.5 Å². The Bertz CT molecular complexity index is 1340. The summed E-state index contributed by atoms with van der Waals surface area (Å²) < 4.78 is 35.7. The van der Waals surface area contributed by atoms with Gasteiger partial charge in [-0.25, -0.2) is 9.78 Å². The standard InChI is InChI=1S/C29H36N4O6S/c1-18-24(15-25(40(36)37)22-11-12-23(14-22)32-28(35)39-29(2,3)4)33-27(38-18)21-9-7-20(8-10-21)26(34)31-17-19-6-5-13-30-16-19/h5-10,13,16,22-23,25H,11-12,14-15,17H2,1-4H3,(H,31,34)(H,32,35)(H,36,37)/p-1/t22-,23+,25?/m1/s1. The van der Waals surface area contributed by atoms with Gasteiger partial charge < -0.3 is 24.3 Å². The van der Waals surface area contributed by atoms with Crippen LogP contribution in [-0.4, -0.2) is 47.6 Å². The zero-order chi connectivity index (χ0) is 28.9. The predicted molar refractivity (Wildman–Crippen MR) is 149 cm³/mol. The molecule has 1 aliphatic rings. The number of ether oxygens (including phenoxy) is 1. The van der Waals surface area contributed by atoms with E-state index in [2.05, 4.69) is 20.6 Å². The van der Waals surface area contributed by atoms with Crippen LogP contribution in [0.4, 0.5) is 4.79 Å². The van der Waals surface area contributed by atoms with E-state index in [-0.39, 0.29) is 24.3 Å².